The number of benzene rings is 2. The van der Waals surface area contributed by atoms with Crippen LogP contribution in [0.5, 0.6) is 5.75 Å². The Balaban J connectivity index is 1.66. The molecule has 1 atom stereocenters. The predicted octanol–water partition coefficient (Wildman–Crippen LogP) is 3.99. The number of ether oxygens (including phenoxy) is 1. The molecular formula is C24H29N5O3S. The molecule has 2 amide bonds. The summed E-state index contributed by atoms with van der Waals surface area (Å²) >= 11 is 1.30. The lowest BCUT2D eigenvalue weighted by Gasteiger charge is -2.21. The van der Waals surface area contributed by atoms with E-state index in [1.807, 2.05) is 56.7 Å². The number of methoxy groups -OCH3 is 1. The minimum Gasteiger partial charge on any atom is -0.497 e. The van der Waals surface area contributed by atoms with E-state index in [0.29, 0.717) is 22.3 Å². The molecule has 1 heterocycles. The van der Waals surface area contributed by atoms with Crippen molar-refractivity contribution in [2.24, 2.45) is 13.0 Å². The lowest BCUT2D eigenvalue weighted by Crippen LogP contribution is -2.33. The smallest absolute Gasteiger partial charge is 0.251 e. The number of para-hydroxylation sites is 1. The Morgan fingerprint density at radius 3 is 2.42 bits per heavy atom. The average molecular weight is 468 g/mol. The summed E-state index contributed by atoms with van der Waals surface area (Å²) < 4.78 is 6.97. The molecule has 1 aromatic heterocycles. The van der Waals surface area contributed by atoms with Crippen LogP contribution in [0, 0.1) is 12.8 Å². The normalized spacial score (nSPS) is 11.8. The van der Waals surface area contributed by atoms with Gasteiger partial charge >= 0.3 is 0 Å². The van der Waals surface area contributed by atoms with Crippen LogP contribution in [0.3, 0.4) is 0 Å². The summed E-state index contributed by atoms with van der Waals surface area (Å²) in [4.78, 5) is 25.2. The molecule has 0 bridgehead atoms. The van der Waals surface area contributed by atoms with Gasteiger partial charge in [-0.3, -0.25) is 9.59 Å². The maximum Gasteiger partial charge on any atom is 0.251 e. The molecule has 3 rings (SSSR count). The third-order valence-electron chi connectivity index (χ3n) is 5.20. The van der Waals surface area contributed by atoms with Crippen LogP contribution in [0.2, 0.25) is 0 Å². The zero-order valence-corrected chi connectivity index (χ0v) is 20.3. The minimum atomic E-state index is -0.341. The third kappa shape index (κ3) is 6.13. The Kier molecular flexibility index (Phi) is 8.11. The van der Waals surface area contributed by atoms with Crippen LogP contribution >= 0.6 is 11.8 Å². The highest BCUT2D eigenvalue weighted by Crippen LogP contribution is 2.25. The van der Waals surface area contributed by atoms with Crippen LogP contribution in [-0.4, -0.2) is 39.4 Å². The van der Waals surface area contributed by atoms with E-state index in [9.17, 15) is 9.59 Å². The number of hydrogen-bond donors (Lipinski definition) is 2. The van der Waals surface area contributed by atoms with Gasteiger partial charge in [0.1, 0.15) is 5.75 Å². The molecule has 33 heavy (non-hydrogen) atoms. The minimum absolute atomic E-state index is 0.0808. The number of anilines is 1. The van der Waals surface area contributed by atoms with Crippen LogP contribution < -0.4 is 15.4 Å². The van der Waals surface area contributed by atoms with Gasteiger partial charge in [0, 0.05) is 18.3 Å². The molecule has 1 unspecified atom stereocenters. The highest BCUT2D eigenvalue weighted by Gasteiger charge is 2.25. The zero-order valence-electron chi connectivity index (χ0n) is 19.5. The van der Waals surface area contributed by atoms with Gasteiger partial charge in [0.25, 0.3) is 5.91 Å². The van der Waals surface area contributed by atoms with Crippen molar-refractivity contribution in [2.45, 2.75) is 32.0 Å². The maximum absolute atomic E-state index is 12.8. The predicted molar refractivity (Wildman–Crippen MR) is 130 cm³/mol. The standard InChI is InChI=1S/C24H29N5O3S/c1-15(2)21(26-23(31)17-10-12-18(32-5)13-11-17)22-27-28-24(29(22)4)33-14-20(30)25-19-9-7-6-8-16(19)3/h6-13,15,21H,14H2,1-5H3,(H,25,30)(H,26,31). The van der Waals surface area contributed by atoms with Crippen LogP contribution in [0.4, 0.5) is 5.69 Å². The Labute approximate surface area is 198 Å². The van der Waals surface area contributed by atoms with Crippen molar-refractivity contribution in [3.63, 3.8) is 0 Å². The zero-order chi connectivity index (χ0) is 24.0. The number of hydrogen-bond acceptors (Lipinski definition) is 6. The first-order chi connectivity index (χ1) is 15.8. The van der Waals surface area contributed by atoms with E-state index in [4.69, 9.17) is 4.74 Å². The molecule has 9 heteroatoms. The Morgan fingerprint density at radius 2 is 1.79 bits per heavy atom. The average Bonchev–Trinajstić information content (AvgIpc) is 3.17. The summed E-state index contributed by atoms with van der Waals surface area (Å²) in [5.74, 6) is 1.28. The number of carbonyl (C=O) groups excluding carboxylic acids is 2. The molecule has 0 saturated carbocycles. The Morgan fingerprint density at radius 1 is 1.09 bits per heavy atom. The summed E-state index contributed by atoms with van der Waals surface area (Å²) in [7, 11) is 3.42. The number of nitrogens with zero attached hydrogens (tertiary/aromatic N) is 3. The molecule has 0 aliphatic heterocycles. The summed E-state index contributed by atoms with van der Waals surface area (Å²) in [6.45, 7) is 5.97. The molecule has 0 aliphatic carbocycles. The summed E-state index contributed by atoms with van der Waals surface area (Å²) in [5.41, 5.74) is 2.33. The van der Waals surface area contributed by atoms with Gasteiger partial charge in [-0.15, -0.1) is 10.2 Å². The van der Waals surface area contributed by atoms with Crippen molar-refractivity contribution in [1.29, 1.82) is 0 Å². The second-order valence-corrected chi connectivity index (χ2v) is 8.92. The molecule has 3 aromatic rings. The monoisotopic (exact) mass is 467 g/mol. The molecular weight excluding hydrogens is 438 g/mol. The molecule has 0 spiro atoms. The first kappa shape index (κ1) is 24.3. The number of rotatable bonds is 9. The van der Waals surface area contributed by atoms with Crippen LogP contribution in [0.25, 0.3) is 0 Å². The second-order valence-electron chi connectivity index (χ2n) is 7.98. The molecule has 0 saturated heterocycles. The van der Waals surface area contributed by atoms with Gasteiger partial charge in [-0.25, -0.2) is 0 Å². The fourth-order valence-electron chi connectivity index (χ4n) is 3.25. The highest BCUT2D eigenvalue weighted by molar-refractivity contribution is 7.99. The van der Waals surface area contributed by atoms with Gasteiger partial charge < -0.3 is 19.9 Å². The van der Waals surface area contributed by atoms with E-state index in [1.165, 1.54) is 11.8 Å². The number of amides is 2. The van der Waals surface area contributed by atoms with Crippen LogP contribution in [-0.2, 0) is 11.8 Å². The van der Waals surface area contributed by atoms with Crippen molar-refractivity contribution < 1.29 is 14.3 Å². The number of aryl methyl sites for hydroxylation is 1. The molecule has 0 radical (unpaired) electrons. The SMILES string of the molecule is COc1ccc(C(=O)NC(c2nnc(SCC(=O)Nc3ccccc3C)n2C)C(C)C)cc1. The summed E-state index contributed by atoms with van der Waals surface area (Å²) in [6.07, 6.45) is 0. The Bertz CT molecular complexity index is 1110. The van der Waals surface area contributed by atoms with E-state index >= 15 is 0 Å². The molecule has 2 N–H and O–H groups in total. The van der Waals surface area contributed by atoms with E-state index in [-0.39, 0.29) is 29.5 Å². The third-order valence-corrected chi connectivity index (χ3v) is 6.22. The molecule has 8 nitrogen and oxygen atoms in total. The highest BCUT2D eigenvalue weighted by atomic mass is 32.2. The largest absolute Gasteiger partial charge is 0.497 e. The number of carbonyl (C=O) groups is 2. The summed E-state index contributed by atoms with van der Waals surface area (Å²) in [6, 6.07) is 14.2. The van der Waals surface area contributed by atoms with Gasteiger partial charge in [-0.05, 0) is 48.7 Å². The molecule has 174 valence electrons. The second kappa shape index (κ2) is 11.0. The number of aromatic nitrogens is 3. The lowest BCUT2D eigenvalue weighted by molar-refractivity contribution is -0.113. The number of nitrogens with one attached hydrogen (secondary N) is 2. The van der Waals surface area contributed by atoms with E-state index < -0.39 is 0 Å². The molecule has 2 aromatic carbocycles. The van der Waals surface area contributed by atoms with Crippen molar-refractivity contribution >= 4 is 29.3 Å². The van der Waals surface area contributed by atoms with Gasteiger partial charge in [0.15, 0.2) is 11.0 Å². The van der Waals surface area contributed by atoms with Crippen molar-refractivity contribution in [1.82, 2.24) is 20.1 Å². The maximum atomic E-state index is 12.8. The fourth-order valence-corrected chi connectivity index (χ4v) is 3.97. The van der Waals surface area contributed by atoms with E-state index in [0.717, 1.165) is 11.3 Å². The van der Waals surface area contributed by atoms with Crippen molar-refractivity contribution in [3.05, 3.63) is 65.5 Å². The Hall–Kier alpha value is -3.33. The summed E-state index contributed by atoms with van der Waals surface area (Å²) in [5, 5.41) is 15.1. The fraction of sp³-hybridized carbons (Fsp3) is 0.333. The lowest BCUT2D eigenvalue weighted by atomic mass is 10.0. The van der Waals surface area contributed by atoms with Gasteiger partial charge in [-0.2, -0.15) is 0 Å². The van der Waals surface area contributed by atoms with E-state index in [1.54, 1.807) is 31.4 Å². The first-order valence-electron chi connectivity index (χ1n) is 10.6. The van der Waals surface area contributed by atoms with Crippen molar-refractivity contribution in [2.75, 3.05) is 18.2 Å². The van der Waals surface area contributed by atoms with Crippen molar-refractivity contribution in [3.8, 4) is 5.75 Å². The van der Waals surface area contributed by atoms with Crippen LogP contribution in [0.15, 0.2) is 53.7 Å². The van der Waals surface area contributed by atoms with Gasteiger partial charge in [0.2, 0.25) is 5.91 Å². The van der Waals surface area contributed by atoms with Gasteiger partial charge in [-0.1, -0.05) is 43.8 Å². The van der Waals surface area contributed by atoms with Crippen LogP contribution in [0.1, 0.15) is 41.6 Å². The topological polar surface area (TPSA) is 98.1 Å². The molecule has 0 fully saturated rings. The van der Waals surface area contributed by atoms with E-state index in [2.05, 4.69) is 20.8 Å². The first-order valence-corrected chi connectivity index (χ1v) is 11.6. The molecule has 0 aliphatic rings. The quantitative estimate of drug-likeness (QED) is 0.462. The number of thioether (sulfide) groups is 1. The van der Waals surface area contributed by atoms with Gasteiger partial charge in [0.05, 0.1) is 18.9 Å².